The lowest BCUT2D eigenvalue weighted by Gasteiger charge is -2.17. The number of benzene rings is 1. The number of hydrogen-bond donors (Lipinski definition) is 1. The van der Waals surface area contributed by atoms with Crippen molar-refractivity contribution in [3.8, 4) is 5.75 Å². The molecule has 0 aliphatic carbocycles. The highest BCUT2D eigenvalue weighted by Gasteiger charge is 2.32. The SMILES string of the molecule is CC1(C)Cc2cccc(C(=O)CN)c2O1. The van der Waals surface area contributed by atoms with Crippen molar-refractivity contribution in [2.45, 2.75) is 25.9 Å². The minimum Gasteiger partial charge on any atom is -0.486 e. The average Bonchev–Trinajstić information content (AvgIpc) is 2.49. The fourth-order valence-corrected chi connectivity index (χ4v) is 1.95. The van der Waals surface area contributed by atoms with Gasteiger partial charge in [-0.3, -0.25) is 4.79 Å². The van der Waals surface area contributed by atoms with Gasteiger partial charge in [0.05, 0.1) is 12.1 Å². The first-order valence-corrected chi connectivity index (χ1v) is 5.08. The first-order chi connectivity index (χ1) is 7.03. The molecule has 2 N–H and O–H groups in total. The molecule has 1 aliphatic heterocycles. The molecular formula is C12H15NO2. The zero-order valence-corrected chi connectivity index (χ0v) is 9.04. The summed E-state index contributed by atoms with van der Waals surface area (Å²) in [4.78, 5) is 11.6. The third kappa shape index (κ3) is 1.75. The van der Waals surface area contributed by atoms with Crippen molar-refractivity contribution < 1.29 is 9.53 Å². The molecule has 1 aromatic carbocycles. The number of rotatable bonds is 2. The molecular weight excluding hydrogens is 190 g/mol. The maximum atomic E-state index is 11.6. The molecule has 0 atom stereocenters. The Morgan fingerprint density at radius 1 is 1.53 bits per heavy atom. The first kappa shape index (κ1) is 10.2. The van der Waals surface area contributed by atoms with Gasteiger partial charge in [-0.05, 0) is 25.5 Å². The second-order valence-corrected chi connectivity index (χ2v) is 4.46. The lowest BCUT2D eigenvalue weighted by atomic mass is 9.99. The highest BCUT2D eigenvalue weighted by Crippen LogP contribution is 2.37. The van der Waals surface area contributed by atoms with E-state index in [0.29, 0.717) is 5.56 Å². The number of hydrogen-bond acceptors (Lipinski definition) is 3. The normalized spacial score (nSPS) is 17.0. The zero-order chi connectivity index (χ0) is 11.1. The van der Waals surface area contributed by atoms with Gasteiger partial charge in [0.15, 0.2) is 5.78 Å². The molecule has 1 aromatic rings. The van der Waals surface area contributed by atoms with Gasteiger partial charge in [0.1, 0.15) is 11.4 Å². The van der Waals surface area contributed by atoms with Gasteiger partial charge in [-0.15, -0.1) is 0 Å². The van der Waals surface area contributed by atoms with Crippen LogP contribution in [0.4, 0.5) is 0 Å². The molecule has 3 heteroatoms. The van der Waals surface area contributed by atoms with Crippen molar-refractivity contribution in [2.24, 2.45) is 5.73 Å². The lowest BCUT2D eigenvalue weighted by Crippen LogP contribution is -2.25. The van der Waals surface area contributed by atoms with E-state index in [4.69, 9.17) is 10.5 Å². The molecule has 80 valence electrons. The number of ketones is 1. The molecule has 0 bridgehead atoms. The van der Waals surface area contributed by atoms with Gasteiger partial charge in [0.2, 0.25) is 0 Å². The summed E-state index contributed by atoms with van der Waals surface area (Å²) in [5.74, 6) is 0.655. The van der Waals surface area contributed by atoms with Gasteiger partial charge in [-0.25, -0.2) is 0 Å². The standard InChI is InChI=1S/C12H15NO2/c1-12(2)6-8-4-3-5-9(10(14)7-13)11(8)15-12/h3-5H,6-7,13H2,1-2H3. The lowest BCUT2D eigenvalue weighted by molar-refractivity contribution is 0.0986. The number of para-hydroxylation sites is 1. The van der Waals surface area contributed by atoms with Crippen LogP contribution in [0.1, 0.15) is 29.8 Å². The Labute approximate surface area is 89.2 Å². The van der Waals surface area contributed by atoms with Crippen LogP contribution in [-0.4, -0.2) is 17.9 Å². The molecule has 0 fully saturated rings. The third-order valence-corrected chi connectivity index (χ3v) is 2.58. The molecule has 0 aromatic heterocycles. The number of Topliss-reactive ketones (excluding diaryl/α,β-unsaturated/α-hetero) is 1. The van der Waals surface area contributed by atoms with Crippen molar-refractivity contribution in [3.63, 3.8) is 0 Å². The zero-order valence-electron chi connectivity index (χ0n) is 9.04. The van der Waals surface area contributed by atoms with E-state index in [1.54, 1.807) is 6.07 Å². The van der Waals surface area contributed by atoms with Gasteiger partial charge >= 0.3 is 0 Å². The molecule has 2 rings (SSSR count). The van der Waals surface area contributed by atoms with Crippen molar-refractivity contribution in [1.82, 2.24) is 0 Å². The second kappa shape index (κ2) is 3.35. The summed E-state index contributed by atoms with van der Waals surface area (Å²) in [6.07, 6.45) is 0.841. The Balaban J connectivity index is 2.46. The molecule has 3 nitrogen and oxygen atoms in total. The topological polar surface area (TPSA) is 52.3 Å². The summed E-state index contributed by atoms with van der Waals surface area (Å²) in [5.41, 5.74) is 6.85. The van der Waals surface area contributed by atoms with Crippen LogP contribution in [0.2, 0.25) is 0 Å². The maximum Gasteiger partial charge on any atom is 0.180 e. The summed E-state index contributed by atoms with van der Waals surface area (Å²) in [6.45, 7) is 4.06. The fraction of sp³-hybridized carbons (Fsp3) is 0.417. The number of carbonyl (C=O) groups is 1. The van der Waals surface area contributed by atoms with E-state index in [1.807, 2.05) is 26.0 Å². The van der Waals surface area contributed by atoms with E-state index in [1.165, 1.54) is 0 Å². The Morgan fingerprint density at radius 3 is 2.93 bits per heavy atom. The van der Waals surface area contributed by atoms with E-state index >= 15 is 0 Å². The molecule has 0 saturated heterocycles. The average molecular weight is 205 g/mol. The van der Waals surface area contributed by atoms with Crippen LogP contribution >= 0.6 is 0 Å². The number of ether oxygens (including phenoxy) is 1. The minimum absolute atomic E-state index is 0.0280. The number of carbonyl (C=O) groups excluding carboxylic acids is 1. The van der Waals surface area contributed by atoms with Gasteiger partial charge < -0.3 is 10.5 Å². The molecule has 0 unspecified atom stereocenters. The van der Waals surface area contributed by atoms with Gasteiger partial charge in [-0.2, -0.15) is 0 Å². The van der Waals surface area contributed by atoms with Crippen LogP contribution in [0.3, 0.4) is 0 Å². The summed E-state index contributed by atoms with van der Waals surface area (Å²) in [6, 6.07) is 5.65. The van der Waals surface area contributed by atoms with E-state index in [0.717, 1.165) is 17.7 Å². The van der Waals surface area contributed by atoms with E-state index < -0.39 is 0 Å². The van der Waals surface area contributed by atoms with Gasteiger partial charge in [-0.1, -0.05) is 12.1 Å². The van der Waals surface area contributed by atoms with Crippen molar-refractivity contribution in [1.29, 1.82) is 0 Å². The van der Waals surface area contributed by atoms with Crippen LogP contribution in [-0.2, 0) is 6.42 Å². The van der Waals surface area contributed by atoms with Crippen LogP contribution in [0.25, 0.3) is 0 Å². The van der Waals surface area contributed by atoms with Gasteiger partial charge in [0.25, 0.3) is 0 Å². The molecule has 1 heterocycles. The molecule has 0 saturated carbocycles. The molecule has 0 spiro atoms. The van der Waals surface area contributed by atoms with Gasteiger partial charge in [0, 0.05) is 6.42 Å². The quantitative estimate of drug-likeness (QED) is 0.745. The van der Waals surface area contributed by atoms with E-state index in [-0.39, 0.29) is 17.9 Å². The highest BCUT2D eigenvalue weighted by atomic mass is 16.5. The van der Waals surface area contributed by atoms with Crippen molar-refractivity contribution in [3.05, 3.63) is 29.3 Å². The van der Waals surface area contributed by atoms with Crippen LogP contribution in [0.5, 0.6) is 5.75 Å². The summed E-state index contributed by atoms with van der Waals surface area (Å²) in [5, 5.41) is 0. The molecule has 15 heavy (non-hydrogen) atoms. The Kier molecular flexibility index (Phi) is 2.27. The number of nitrogens with two attached hydrogens (primary N) is 1. The third-order valence-electron chi connectivity index (χ3n) is 2.58. The van der Waals surface area contributed by atoms with Crippen molar-refractivity contribution in [2.75, 3.05) is 6.54 Å². The van der Waals surface area contributed by atoms with Crippen LogP contribution in [0.15, 0.2) is 18.2 Å². The second-order valence-electron chi connectivity index (χ2n) is 4.46. The van der Waals surface area contributed by atoms with Crippen LogP contribution < -0.4 is 10.5 Å². The highest BCUT2D eigenvalue weighted by molar-refractivity contribution is 6.00. The maximum absolute atomic E-state index is 11.6. The Bertz CT molecular complexity index is 410. The largest absolute Gasteiger partial charge is 0.486 e. The smallest absolute Gasteiger partial charge is 0.180 e. The fourth-order valence-electron chi connectivity index (χ4n) is 1.95. The number of fused-ring (bicyclic) bond motifs is 1. The molecule has 0 radical (unpaired) electrons. The predicted molar refractivity (Wildman–Crippen MR) is 58.2 cm³/mol. The van der Waals surface area contributed by atoms with Crippen molar-refractivity contribution >= 4 is 5.78 Å². The Morgan fingerprint density at radius 2 is 2.27 bits per heavy atom. The molecule has 1 aliphatic rings. The van der Waals surface area contributed by atoms with E-state index in [9.17, 15) is 4.79 Å². The minimum atomic E-state index is -0.215. The first-order valence-electron chi connectivity index (χ1n) is 5.08. The van der Waals surface area contributed by atoms with Crippen LogP contribution in [0, 0.1) is 0 Å². The molecule has 0 amide bonds. The summed E-state index contributed by atoms with van der Waals surface area (Å²) in [7, 11) is 0. The summed E-state index contributed by atoms with van der Waals surface area (Å²) >= 11 is 0. The predicted octanol–water partition coefficient (Wildman–Crippen LogP) is 1.54. The monoisotopic (exact) mass is 205 g/mol. The Hall–Kier alpha value is -1.35. The summed E-state index contributed by atoms with van der Waals surface area (Å²) < 4.78 is 5.77. The van der Waals surface area contributed by atoms with E-state index in [2.05, 4.69) is 0 Å².